The summed E-state index contributed by atoms with van der Waals surface area (Å²) in [5.74, 6) is 0.511. The molecule has 0 saturated carbocycles. The minimum absolute atomic E-state index is 0.0280. The molecule has 0 heterocycles. The van der Waals surface area contributed by atoms with Crippen LogP contribution >= 0.6 is 0 Å². The highest BCUT2D eigenvalue weighted by atomic mass is 16.3. The van der Waals surface area contributed by atoms with E-state index < -0.39 is 6.03 Å². The molecule has 0 aromatic heterocycles. The van der Waals surface area contributed by atoms with Gasteiger partial charge in [0.1, 0.15) is 0 Å². The van der Waals surface area contributed by atoms with Crippen molar-refractivity contribution in [3.63, 3.8) is 0 Å². The highest BCUT2D eigenvalue weighted by Gasteiger charge is 2.07. The van der Waals surface area contributed by atoms with Crippen molar-refractivity contribution >= 4 is 6.03 Å². The molecule has 64 valence electrons. The summed E-state index contributed by atoms with van der Waals surface area (Å²) in [4.78, 5) is 20.1. The third-order valence-corrected chi connectivity index (χ3v) is 1.28. The summed E-state index contributed by atoms with van der Waals surface area (Å²) in [5, 5.41) is 4.68. The molecule has 4 nitrogen and oxygen atoms in total. The van der Waals surface area contributed by atoms with Gasteiger partial charge in [-0.3, -0.25) is 0 Å². The fraction of sp³-hybridized carbons (Fsp3) is 0.857. The van der Waals surface area contributed by atoms with Crippen molar-refractivity contribution in [2.45, 2.75) is 33.2 Å². The zero-order chi connectivity index (χ0) is 8.85. The van der Waals surface area contributed by atoms with E-state index >= 15 is 0 Å². The lowest BCUT2D eigenvalue weighted by atomic mass is 10.1. The number of nitrogens with one attached hydrogen (secondary N) is 1. The molecule has 11 heavy (non-hydrogen) atoms. The number of carbonyl (C=O) groups is 1. The fourth-order valence-corrected chi connectivity index (χ4v) is 1.00. The Bertz CT molecular complexity index is 145. The Morgan fingerprint density at radius 3 is 2.36 bits per heavy atom. The summed E-state index contributed by atoms with van der Waals surface area (Å²) in [7, 11) is 0. The van der Waals surface area contributed by atoms with Gasteiger partial charge in [-0.2, -0.15) is 0 Å². The number of nitrogens with zero attached hydrogens (tertiary/aromatic N) is 1. The molecule has 0 aromatic rings. The molecule has 0 aliphatic carbocycles. The van der Waals surface area contributed by atoms with Crippen molar-refractivity contribution < 1.29 is 4.79 Å². The number of rotatable bonds is 3. The predicted molar refractivity (Wildman–Crippen MR) is 43.2 cm³/mol. The van der Waals surface area contributed by atoms with Crippen LogP contribution in [-0.4, -0.2) is 12.1 Å². The number of amides is 2. The molecule has 0 saturated heterocycles. The van der Waals surface area contributed by atoms with E-state index in [9.17, 15) is 9.70 Å². The first-order valence-corrected chi connectivity index (χ1v) is 3.70. The molecule has 0 aromatic carbocycles. The Balaban J connectivity index is 3.59. The maximum absolute atomic E-state index is 10.4. The molecule has 1 unspecified atom stereocenters. The van der Waals surface area contributed by atoms with Crippen LogP contribution in [0.5, 0.6) is 0 Å². The summed E-state index contributed by atoms with van der Waals surface area (Å²) < 4.78 is 0. The van der Waals surface area contributed by atoms with Crippen LogP contribution in [0.3, 0.4) is 0 Å². The predicted octanol–water partition coefficient (Wildman–Crippen LogP) is 1.90. The maximum Gasteiger partial charge on any atom is 0.378 e. The van der Waals surface area contributed by atoms with Crippen molar-refractivity contribution in [1.82, 2.24) is 5.32 Å². The SMILES string of the molecule is CC(C)CC(C)NC(=O)N=O. The smallest absolute Gasteiger partial charge is 0.331 e. The largest absolute Gasteiger partial charge is 0.378 e. The Hall–Kier alpha value is -0.930. The second-order valence-corrected chi connectivity index (χ2v) is 3.07. The summed E-state index contributed by atoms with van der Waals surface area (Å²) in [6.45, 7) is 5.96. The van der Waals surface area contributed by atoms with Crippen molar-refractivity contribution in [2.75, 3.05) is 0 Å². The molecule has 0 radical (unpaired) electrons. The van der Waals surface area contributed by atoms with E-state index in [-0.39, 0.29) is 6.04 Å². The van der Waals surface area contributed by atoms with Crippen LogP contribution in [0.1, 0.15) is 27.2 Å². The lowest BCUT2D eigenvalue weighted by Gasteiger charge is -2.12. The van der Waals surface area contributed by atoms with Gasteiger partial charge in [-0.25, -0.2) is 4.79 Å². The van der Waals surface area contributed by atoms with Crippen LogP contribution in [0.25, 0.3) is 0 Å². The number of carbonyl (C=O) groups excluding carboxylic acids is 1. The molecule has 0 aliphatic rings. The van der Waals surface area contributed by atoms with Crippen molar-refractivity contribution in [1.29, 1.82) is 0 Å². The average molecular weight is 158 g/mol. The van der Waals surface area contributed by atoms with E-state index in [4.69, 9.17) is 0 Å². The highest BCUT2D eigenvalue weighted by molar-refractivity contribution is 5.74. The summed E-state index contributed by atoms with van der Waals surface area (Å²) in [5.41, 5.74) is 0. The van der Waals surface area contributed by atoms with Crippen LogP contribution < -0.4 is 5.32 Å². The molecule has 2 amide bonds. The molecule has 0 aliphatic heterocycles. The van der Waals surface area contributed by atoms with Crippen LogP contribution in [0.2, 0.25) is 0 Å². The van der Waals surface area contributed by atoms with Crippen LogP contribution in [0.4, 0.5) is 4.79 Å². The van der Waals surface area contributed by atoms with Crippen molar-refractivity contribution in [2.24, 2.45) is 11.1 Å². The fourth-order valence-electron chi connectivity index (χ4n) is 1.00. The third-order valence-electron chi connectivity index (χ3n) is 1.28. The average Bonchev–Trinajstić information content (AvgIpc) is 1.85. The summed E-state index contributed by atoms with van der Waals surface area (Å²) in [6, 6.07) is -0.752. The van der Waals surface area contributed by atoms with Gasteiger partial charge in [0.2, 0.25) is 0 Å². The van der Waals surface area contributed by atoms with E-state index in [1.165, 1.54) is 0 Å². The monoisotopic (exact) mass is 158 g/mol. The van der Waals surface area contributed by atoms with E-state index in [1.54, 1.807) is 0 Å². The van der Waals surface area contributed by atoms with E-state index in [0.29, 0.717) is 5.92 Å². The van der Waals surface area contributed by atoms with Gasteiger partial charge in [0.15, 0.2) is 0 Å². The van der Waals surface area contributed by atoms with E-state index in [2.05, 4.69) is 24.3 Å². The van der Waals surface area contributed by atoms with Crippen molar-refractivity contribution in [3.05, 3.63) is 4.91 Å². The highest BCUT2D eigenvalue weighted by Crippen LogP contribution is 2.03. The molecule has 1 N–H and O–H groups in total. The Kier molecular flexibility index (Phi) is 4.41. The normalized spacial score (nSPS) is 12.7. The van der Waals surface area contributed by atoms with Gasteiger partial charge >= 0.3 is 6.03 Å². The van der Waals surface area contributed by atoms with Crippen molar-refractivity contribution in [3.8, 4) is 0 Å². The second-order valence-electron chi connectivity index (χ2n) is 3.07. The Labute approximate surface area is 66.3 Å². The molecular weight excluding hydrogens is 144 g/mol. The first kappa shape index (κ1) is 10.1. The lowest BCUT2D eigenvalue weighted by molar-refractivity contribution is 0.244. The van der Waals surface area contributed by atoms with Gasteiger partial charge in [0.05, 0.1) is 0 Å². The van der Waals surface area contributed by atoms with Gasteiger partial charge in [-0.05, 0) is 19.3 Å². The minimum atomic E-state index is -0.779. The standard InChI is InChI=1S/C7H14N2O2/c1-5(2)4-6(3)8-7(10)9-11/h5-6H,4H2,1-3H3,(H,8,10). The number of nitroso groups, excluding NO2 is 1. The Morgan fingerprint density at radius 1 is 1.45 bits per heavy atom. The molecule has 0 rings (SSSR count). The molecule has 4 heteroatoms. The van der Waals surface area contributed by atoms with Crippen LogP contribution in [0.15, 0.2) is 5.18 Å². The van der Waals surface area contributed by atoms with Gasteiger partial charge in [-0.15, -0.1) is 4.91 Å². The topological polar surface area (TPSA) is 58.5 Å². The molecular formula is C7H14N2O2. The third kappa shape index (κ3) is 5.51. The molecule has 1 atom stereocenters. The number of urea groups is 1. The van der Waals surface area contributed by atoms with Crippen LogP contribution in [-0.2, 0) is 0 Å². The molecule has 0 fully saturated rings. The first-order chi connectivity index (χ1) is 5.06. The zero-order valence-electron chi connectivity index (χ0n) is 7.13. The zero-order valence-corrected chi connectivity index (χ0v) is 7.13. The van der Waals surface area contributed by atoms with E-state index in [0.717, 1.165) is 6.42 Å². The van der Waals surface area contributed by atoms with Gasteiger partial charge in [0.25, 0.3) is 0 Å². The lowest BCUT2D eigenvalue weighted by Crippen LogP contribution is -2.30. The minimum Gasteiger partial charge on any atom is -0.331 e. The first-order valence-electron chi connectivity index (χ1n) is 3.70. The summed E-state index contributed by atoms with van der Waals surface area (Å²) in [6.07, 6.45) is 0.862. The Morgan fingerprint density at radius 2 is 2.00 bits per heavy atom. The molecule has 0 bridgehead atoms. The van der Waals surface area contributed by atoms with Crippen LogP contribution in [0, 0.1) is 10.8 Å². The quantitative estimate of drug-likeness (QED) is 0.637. The number of hydrogen-bond donors (Lipinski definition) is 1. The summed E-state index contributed by atoms with van der Waals surface area (Å²) >= 11 is 0. The van der Waals surface area contributed by atoms with Gasteiger partial charge in [0, 0.05) is 11.2 Å². The maximum atomic E-state index is 10.4. The van der Waals surface area contributed by atoms with Gasteiger partial charge < -0.3 is 5.32 Å². The molecule has 0 spiro atoms. The number of hydrogen-bond acceptors (Lipinski definition) is 2. The second kappa shape index (κ2) is 4.82. The van der Waals surface area contributed by atoms with E-state index in [1.807, 2.05) is 6.92 Å². The van der Waals surface area contributed by atoms with Gasteiger partial charge in [-0.1, -0.05) is 13.8 Å².